The average Bonchev–Trinajstić information content (AvgIpc) is 2.51. The van der Waals surface area contributed by atoms with Crippen molar-refractivity contribution in [2.45, 2.75) is 24.0 Å². The van der Waals surface area contributed by atoms with Crippen LogP contribution in [0, 0.1) is 12.7 Å². The maximum Gasteiger partial charge on any atom is 0.133 e. The Morgan fingerprint density at radius 3 is 2.90 bits per heavy atom. The predicted octanol–water partition coefficient (Wildman–Crippen LogP) is 3.19. The summed E-state index contributed by atoms with van der Waals surface area (Å²) in [5.41, 5.74) is 4.34. The molecule has 1 aliphatic heterocycles. The number of fused-ring (bicyclic) bond motifs is 1. The molecule has 2 unspecified atom stereocenters. The van der Waals surface area contributed by atoms with Gasteiger partial charge in [-0.3, -0.25) is 5.84 Å². The van der Waals surface area contributed by atoms with E-state index in [1.165, 1.54) is 6.07 Å². The van der Waals surface area contributed by atoms with E-state index >= 15 is 0 Å². The monoisotopic (exact) mass is 304 g/mol. The first-order valence-corrected chi connectivity index (χ1v) is 7.78. The first-order chi connectivity index (χ1) is 10.2. The van der Waals surface area contributed by atoms with Gasteiger partial charge in [-0.1, -0.05) is 24.3 Å². The lowest BCUT2D eigenvalue weighted by Crippen LogP contribution is -2.42. The SMILES string of the molecule is Cc1cc(C(NN)C2CSc3ccccc3O2)ccc1F. The van der Waals surface area contributed by atoms with E-state index < -0.39 is 0 Å². The predicted molar refractivity (Wildman–Crippen MR) is 82.8 cm³/mol. The van der Waals surface area contributed by atoms with Crippen LogP contribution in [-0.4, -0.2) is 11.9 Å². The van der Waals surface area contributed by atoms with E-state index in [4.69, 9.17) is 10.6 Å². The molecule has 3 rings (SSSR count). The molecule has 3 nitrogen and oxygen atoms in total. The van der Waals surface area contributed by atoms with E-state index in [0.29, 0.717) is 5.56 Å². The minimum atomic E-state index is -0.209. The molecule has 2 atom stereocenters. The Bertz CT molecular complexity index is 650. The number of halogens is 1. The zero-order valence-corrected chi connectivity index (χ0v) is 12.5. The first kappa shape index (κ1) is 14.4. The van der Waals surface area contributed by atoms with Gasteiger partial charge in [0.15, 0.2) is 0 Å². The van der Waals surface area contributed by atoms with Gasteiger partial charge in [0.1, 0.15) is 17.7 Å². The Kier molecular flexibility index (Phi) is 4.14. The number of nitrogens with two attached hydrogens (primary N) is 1. The molecule has 0 saturated heterocycles. The van der Waals surface area contributed by atoms with Crippen LogP contribution in [0.15, 0.2) is 47.4 Å². The maximum atomic E-state index is 13.4. The lowest BCUT2D eigenvalue weighted by atomic mass is 10.0. The van der Waals surface area contributed by atoms with Gasteiger partial charge in [-0.15, -0.1) is 11.8 Å². The number of aryl methyl sites for hydroxylation is 1. The average molecular weight is 304 g/mol. The lowest BCUT2D eigenvalue weighted by molar-refractivity contribution is 0.167. The topological polar surface area (TPSA) is 47.3 Å². The second-order valence-corrected chi connectivity index (χ2v) is 6.13. The van der Waals surface area contributed by atoms with Crippen molar-refractivity contribution in [1.29, 1.82) is 0 Å². The lowest BCUT2D eigenvalue weighted by Gasteiger charge is -2.31. The highest BCUT2D eigenvalue weighted by Crippen LogP contribution is 2.38. The van der Waals surface area contributed by atoms with Gasteiger partial charge in [0.05, 0.1) is 6.04 Å². The molecule has 0 bridgehead atoms. The molecule has 0 saturated carbocycles. The van der Waals surface area contributed by atoms with Crippen molar-refractivity contribution in [3.63, 3.8) is 0 Å². The van der Waals surface area contributed by atoms with E-state index in [2.05, 4.69) is 5.43 Å². The van der Waals surface area contributed by atoms with Gasteiger partial charge in [0.2, 0.25) is 0 Å². The number of thioether (sulfide) groups is 1. The van der Waals surface area contributed by atoms with Gasteiger partial charge in [-0.05, 0) is 36.2 Å². The van der Waals surface area contributed by atoms with Crippen LogP contribution >= 0.6 is 11.8 Å². The largest absolute Gasteiger partial charge is 0.486 e. The molecule has 3 N–H and O–H groups in total. The maximum absolute atomic E-state index is 13.4. The summed E-state index contributed by atoms with van der Waals surface area (Å²) in [6, 6.07) is 12.8. The molecule has 0 spiro atoms. The normalized spacial score (nSPS) is 18.7. The zero-order valence-electron chi connectivity index (χ0n) is 11.7. The zero-order chi connectivity index (χ0) is 14.8. The number of para-hydroxylation sites is 1. The Balaban J connectivity index is 1.86. The van der Waals surface area contributed by atoms with Crippen LogP contribution in [0.5, 0.6) is 5.75 Å². The van der Waals surface area contributed by atoms with Gasteiger partial charge < -0.3 is 4.74 Å². The number of ether oxygens (including phenoxy) is 1. The van der Waals surface area contributed by atoms with Crippen molar-refractivity contribution >= 4 is 11.8 Å². The van der Waals surface area contributed by atoms with E-state index in [1.807, 2.05) is 30.3 Å². The van der Waals surface area contributed by atoms with Crippen molar-refractivity contribution in [2.75, 3.05) is 5.75 Å². The molecule has 0 aliphatic carbocycles. The highest BCUT2D eigenvalue weighted by atomic mass is 32.2. The molecule has 0 amide bonds. The summed E-state index contributed by atoms with van der Waals surface area (Å²) in [5.74, 6) is 7.17. The van der Waals surface area contributed by atoms with Gasteiger partial charge in [0.25, 0.3) is 0 Å². The van der Waals surface area contributed by atoms with Crippen LogP contribution in [-0.2, 0) is 0 Å². The van der Waals surface area contributed by atoms with Gasteiger partial charge in [-0.25, -0.2) is 9.82 Å². The fourth-order valence-corrected chi connectivity index (χ4v) is 3.52. The summed E-state index contributed by atoms with van der Waals surface area (Å²) in [4.78, 5) is 1.14. The standard InChI is InChI=1S/C16H17FN2OS/c1-10-8-11(6-7-12(10)17)16(19-18)14-9-21-15-5-3-2-4-13(15)20-14/h2-8,14,16,19H,9,18H2,1H3. The molecular formula is C16H17FN2OS. The Morgan fingerprint density at radius 1 is 1.33 bits per heavy atom. The van der Waals surface area contributed by atoms with Crippen LogP contribution in [0.3, 0.4) is 0 Å². The van der Waals surface area contributed by atoms with Crippen LogP contribution in [0.4, 0.5) is 4.39 Å². The molecule has 2 aromatic carbocycles. The number of nitrogens with one attached hydrogen (secondary N) is 1. The number of rotatable bonds is 3. The summed E-state index contributed by atoms with van der Waals surface area (Å²) in [5, 5.41) is 0. The fraction of sp³-hybridized carbons (Fsp3) is 0.250. The van der Waals surface area contributed by atoms with Crippen molar-refractivity contribution < 1.29 is 9.13 Å². The minimum Gasteiger partial charge on any atom is -0.486 e. The van der Waals surface area contributed by atoms with E-state index in [1.54, 1.807) is 24.8 Å². The second-order valence-electron chi connectivity index (χ2n) is 5.07. The molecule has 0 radical (unpaired) electrons. The van der Waals surface area contributed by atoms with E-state index in [0.717, 1.165) is 22.0 Å². The van der Waals surface area contributed by atoms with Gasteiger partial charge in [0, 0.05) is 10.6 Å². The molecule has 5 heteroatoms. The van der Waals surface area contributed by atoms with Crippen molar-refractivity contribution in [2.24, 2.45) is 5.84 Å². The number of benzene rings is 2. The Hall–Kier alpha value is -1.56. The molecule has 110 valence electrons. The van der Waals surface area contributed by atoms with Crippen LogP contribution in [0.25, 0.3) is 0 Å². The van der Waals surface area contributed by atoms with Crippen molar-refractivity contribution in [3.8, 4) is 5.75 Å². The van der Waals surface area contributed by atoms with Crippen LogP contribution in [0.2, 0.25) is 0 Å². The quantitative estimate of drug-likeness (QED) is 0.675. The Morgan fingerprint density at radius 2 is 2.14 bits per heavy atom. The molecule has 2 aromatic rings. The Labute approximate surface area is 127 Å². The van der Waals surface area contributed by atoms with Gasteiger partial charge in [-0.2, -0.15) is 0 Å². The highest BCUT2D eigenvalue weighted by molar-refractivity contribution is 7.99. The summed E-state index contributed by atoms with van der Waals surface area (Å²) < 4.78 is 19.5. The number of hydrogen-bond acceptors (Lipinski definition) is 4. The molecule has 1 heterocycles. The van der Waals surface area contributed by atoms with Gasteiger partial charge >= 0.3 is 0 Å². The summed E-state index contributed by atoms with van der Waals surface area (Å²) in [6.07, 6.45) is -0.0974. The third-order valence-electron chi connectivity index (χ3n) is 3.62. The molecule has 0 fully saturated rings. The van der Waals surface area contributed by atoms with E-state index in [9.17, 15) is 4.39 Å². The number of hydrogen-bond donors (Lipinski definition) is 2. The minimum absolute atomic E-state index is 0.0974. The third kappa shape index (κ3) is 2.90. The smallest absolute Gasteiger partial charge is 0.133 e. The molecular weight excluding hydrogens is 287 g/mol. The molecule has 1 aliphatic rings. The van der Waals surface area contributed by atoms with E-state index in [-0.39, 0.29) is 18.0 Å². The van der Waals surface area contributed by atoms with Crippen LogP contribution < -0.4 is 16.0 Å². The van der Waals surface area contributed by atoms with Crippen molar-refractivity contribution in [3.05, 3.63) is 59.4 Å². The fourth-order valence-electron chi connectivity index (χ4n) is 2.48. The third-order valence-corrected chi connectivity index (χ3v) is 4.77. The summed E-state index contributed by atoms with van der Waals surface area (Å²) in [6.45, 7) is 1.75. The summed E-state index contributed by atoms with van der Waals surface area (Å²) in [7, 11) is 0. The summed E-state index contributed by atoms with van der Waals surface area (Å²) >= 11 is 1.75. The second kappa shape index (κ2) is 6.05. The molecule has 0 aromatic heterocycles. The van der Waals surface area contributed by atoms with Crippen LogP contribution in [0.1, 0.15) is 17.2 Å². The first-order valence-electron chi connectivity index (χ1n) is 6.79. The molecule has 21 heavy (non-hydrogen) atoms. The van der Waals surface area contributed by atoms with Crippen molar-refractivity contribution in [1.82, 2.24) is 5.43 Å². The highest BCUT2D eigenvalue weighted by Gasteiger charge is 2.28. The number of hydrazine groups is 1.